The molecule has 2 aliphatic heterocycles. The summed E-state index contributed by atoms with van der Waals surface area (Å²) in [6.45, 7) is 2.83. The molecule has 4 rings (SSSR count). The van der Waals surface area contributed by atoms with Crippen LogP contribution in [0.5, 0.6) is 0 Å². The molecule has 110 valence electrons. The van der Waals surface area contributed by atoms with Crippen molar-refractivity contribution < 1.29 is 9.84 Å². The van der Waals surface area contributed by atoms with Gasteiger partial charge in [-0.2, -0.15) is 0 Å². The molecule has 1 spiro atoms. The molecule has 0 unspecified atom stereocenters. The number of ether oxygens (including phenoxy) is 1. The molecule has 0 amide bonds. The molecule has 0 bridgehead atoms. The minimum atomic E-state index is 0.0737. The fraction of sp³-hybridized carbons (Fsp3) is 0.471. The number of hydrogen-bond acceptors (Lipinski definition) is 4. The molecule has 4 nitrogen and oxygen atoms in total. The number of pyridine rings is 1. The summed E-state index contributed by atoms with van der Waals surface area (Å²) in [5.41, 5.74) is 2.09. The van der Waals surface area contributed by atoms with Gasteiger partial charge < -0.3 is 14.7 Å². The number of nitrogens with zero attached hydrogens (tertiary/aromatic N) is 2. The van der Waals surface area contributed by atoms with E-state index < -0.39 is 0 Å². The predicted molar refractivity (Wildman–Crippen MR) is 82.4 cm³/mol. The maximum absolute atomic E-state index is 9.22. The first kappa shape index (κ1) is 13.0. The topological polar surface area (TPSA) is 45.6 Å². The van der Waals surface area contributed by atoms with Crippen molar-refractivity contribution in [1.29, 1.82) is 0 Å². The highest BCUT2D eigenvalue weighted by Crippen LogP contribution is 2.39. The molecule has 0 aliphatic carbocycles. The van der Waals surface area contributed by atoms with Gasteiger partial charge in [0.15, 0.2) is 0 Å². The van der Waals surface area contributed by atoms with Gasteiger partial charge >= 0.3 is 0 Å². The molecule has 2 aromatic rings. The molecule has 0 radical (unpaired) electrons. The van der Waals surface area contributed by atoms with E-state index in [-0.39, 0.29) is 12.1 Å². The molecule has 2 aliphatic rings. The van der Waals surface area contributed by atoms with Crippen LogP contribution >= 0.6 is 0 Å². The highest BCUT2D eigenvalue weighted by atomic mass is 16.5. The number of anilines is 1. The van der Waals surface area contributed by atoms with Gasteiger partial charge in [-0.05, 0) is 49.1 Å². The third-order valence-corrected chi connectivity index (χ3v) is 4.88. The third-order valence-electron chi connectivity index (χ3n) is 4.88. The van der Waals surface area contributed by atoms with E-state index in [1.165, 1.54) is 12.8 Å². The maximum Gasteiger partial charge on any atom is 0.129 e. The van der Waals surface area contributed by atoms with E-state index in [1.54, 1.807) is 0 Å². The molecule has 4 heteroatoms. The van der Waals surface area contributed by atoms with Crippen molar-refractivity contribution in [3.8, 4) is 0 Å². The molecule has 2 saturated heterocycles. The van der Waals surface area contributed by atoms with Crippen molar-refractivity contribution in [2.75, 3.05) is 24.7 Å². The average Bonchev–Trinajstić information content (AvgIpc) is 3.17. The Morgan fingerprint density at radius 2 is 2.19 bits per heavy atom. The van der Waals surface area contributed by atoms with Crippen molar-refractivity contribution >= 4 is 16.7 Å². The molecule has 1 aromatic heterocycles. The highest BCUT2D eigenvalue weighted by molar-refractivity contribution is 5.81. The lowest BCUT2D eigenvalue weighted by Crippen LogP contribution is -2.45. The highest BCUT2D eigenvalue weighted by Gasteiger charge is 2.44. The monoisotopic (exact) mass is 284 g/mol. The van der Waals surface area contributed by atoms with Gasteiger partial charge in [0.25, 0.3) is 0 Å². The molecule has 3 heterocycles. The van der Waals surface area contributed by atoms with Crippen LogP contribution in [0.1, 0.15) is 24.8 Å². The van der Waals surface area contributed by atoms with Crippen LogP contribution in [0.15, 0.2) is 30.3 Å². The number of rotatable bonds is 2. The quantitative estimate of drug-likeness (QED) is 0.920. The van der Waals surface area contributed by atoms with E-state index >= 15 is 0 Å². The maximum atomic E-state index is 9.22. The Morgan fingerprint density at radius 3 is 3.00 bits per heavy atom. The van der Waals surface area contributed by atoms with Crippen molar-refractivity contribution in [2.24, 2.45) is 0 Å². The largest absolute Gasteiger partial charge is 0.392 e. The molecule has 2 fully saturated rings. The van der Waals surface area contributed by atoms with E-state index in [1.807, 2.05) is 18.2 Å². The minimum absolute atomic E-state index is 0.0737. The van der Waals surface area contributed by atoms with Gasteiger partial charge in [-0.3, -0.25) is 0 Å². The van der Waals surface area contributed by atoms with Crippen molar-refractivity contribution in [3.63, 3.8) is 0 Å². The van der Waals surface area contributed by atoms with Gasteiger partial charge in [0.05, 0.1) is 24.3 Å². The van der Waals surface area contributed by atoms with E-state index in [4.69, 9.17) is 9.72 Å². The summed E-state index contributed by atoms with van der Waals surface area (Å²) in [4.78, 5) is 7.28. The molecule has 1 atom stereocenters. The Balaban J connectivity index is 1.73. The lowest BCUT2D eigenvalue weighted by molar-refractivity contribution is 0.178. The summed E-state index contributed by atoms with van der Waals surface area (Å²) < 4.78 is 5.65. The first-order valence-electron chi connectivity index (χ1n) is 7.67. The minimum Gasteiger partial charge on any atom is -0.392 e. The fourth-order valence-corrected chi connectivity index (χ4v) is 3.72. The smallest absolute Gasteiger partial charge is 0.129 e. The molecular formula is C17H20N2O2. The number of hydrogen-bond donors (Lipinski definition) is 1. The molecule has 1 N–H and O–H groups in total. The van der Waals surface area contributed by atoms with Gasteiger partial charge in [-0.25, -0.2) is 4.98 Å². The van der Waals surface area contributed by atoms with Gasteiger partial charge in [0, 0.05) is 18.5 Å². The Labute approximate surface area is 124 Å². The summed E-state index contributed by atoms with van der Waals surface area (Å²) >= 11 is 0. The average molecular weight is 284 g/mol. The van der Waals surface area contributed by atoms with Gasteiger partial charge in [0.1, 0.15) is 5.82 Å². The third kappa shape index (κ3) is 2.10. The van der Waals surface area contributed by atoms with Gasteiger partial charge in [-0.1, -0.05) is 6.07 Å². The summed E-state index contributed by atoms with van der Waals surface area (Å²) in [6.07, 6.45) is 3.53. The van der Waals surface area contributed by atoms with Crippen molar-refractivity contribution in [2.45, 2.75) is 31.4 Å². The lowest BCUT2D eigenvalue weighted by Gasteiger charge is -2.34. The Hall–Kier alpha value is -1.65. The number of aliphatic hydroxyl groups is 1. The van der Waals surface area contributed by atoms with Crippen LogP contribution in [0, 0.1) is 0 Å². The zero-order chi connectivity index (χ0) is 14.3. The van der Waals surface area contributed by atoms with E-state index in [9.17, 15) is 5.11 Å². The predicted octanol–water partition coefficient (Wildman–Crippen LogP) is 2.49. The number of aliphatic hydroxyl groups excluding tert-OH is 1. The second kappa shape index (κ2) is 4.97. The summed E-state index contributed by atoms with van der Waals surface area (Å²) in [6, 6.07) is 10.2. The van der Waals surface area contributed by atoms with Crippen LogP contribution < -0.4 is 4.90 Å². The van der Waals surface area contributed by atoms with E-state index in [0.717, 1.165) is 48.5 Å². The van der Waals surface area contributed by atoms with Crippen molar-refractivity contribution in [3.05, 3.63) is 35.9 Å². The summed E-state index contributed by atoms with van der Waals surface area (Å²) in [5, 5.41) is 10.3. The molecule has 0 saturated carbocycles. The first-order chi connectivity index (χ1) is 10.3. The number of aromatic nitrogens is 1. The van der Waals surface area contributed by atoms with Crippen LogP contribution in [0.4, 0.5) is 5.82 Å². The van der Waals surface area contributed by atoms with Crippen LogP contribution in [0.2, 0.25) is 0 Å². The van der Waals surface area contributed by atoms with Gasteiger partial charge in [0.2, 0.25) is 0 Å². The number of fused-ring (bicyclic) bond motifs is 1. The van der Waals surface area contributed by atoms with Crippen LogP contribution in [-0.4, -0.2) is 35.4 Å². The SMILES string of the molecule is OCc1ccc2nc(N3CCC[C@@]34CCOC4)ccc2c1. The van der Waals surface area contributed by atoms with E-state index in [2.05, 4.69) is 17.0 Å². The number of benzene rings is 1. The Bertz CT molecular complexity index is 659. The zero-order valence-corrected chi connectivity index (χ0v) is 12.1. The summed E-state index contributed by atoms with van der Waals surface area (Å²) in [7, 11) is 0. The molecular weight excluding hydrogens is 264 g/mol. The second-order valence-corrected chi connectivity index (χ2v) is 6.14. The first-order valence-corrected chi connectivity index (χ1v) is 7.67. The molecule has 1 aromatic carbocycles. The van der Waals surface area contributed by atoms with Crippen LogP contribution in [0.25, 0.3) is 10.9 Å². The Kier molecular flexibility index (Phi) is 3.08. The standard InChI is InChI=1S/C17H20N2O2/c20-11-13-2-4-15-14(10-13)3-5-16(18-15)19-8-1-6-17(19)7-9-21-12-17/h2-5,10,20H,1,6-9,11-12H2/t17-/m0/s1. The normalized spacial score (nSPS) is 25.3. The van der Waals surface area contributed by atoms with Crippen LogP contribution in [0.3, 0.4) is 0 Å². The Morgan fingerprint density at radius 1 is 1.24 bits per heavy atom. The zero-order valence-electron chi connectivity index (χ0n) is 12.1. The summed E-state index contributed by atoms with van der Waals surface area (Å²) in [5.74, 6) is 1.06. The van der Waals surface area contributed by atoms with Crippen LogP contribution in [-0.2, 0) is 11.3 Å². The van der Waals surface area contributed by atoms with Crippen molar-refractivity contribution in [1.82, 2.24) is 4.98 Å². The van der Waals surface area contributed by atoms with E-state index in [0.29, 0.717) is 0 Å². The second-order valence-electron chi connectivity index (χ2n) is 6.14. The lowest BCUT2D eigenvalue weighted by atomic mass is 9.95. The molecule has 21 heavy (non-hydrogen) atoms. The fourth-order valence-electron chi connectivity index (χ4n) is 3.72. The van der Waals surface area contributed by atoms with Gasteiger partial charge in [-0.15, -0.1) is 0 Å².